The van der Waals surface area contributed by atoms with Gasteiger partial charge in [0.05, 0.1) is 24.8 Å². The molecule has 23 heavy (non-hydrogen) atoms. The summed E-state index contributed by atoms with van der Waals surface area (Å²) in [6.07, 6.45) is 0.198. The Hall–Kier alpha value is -1.93. The SMILES string of the molecule is CC(C(=O)NCCn1[nH]c(=O)ccc1=O)N1C[C@@H](C)O[C@@H](C)C1. The smallest absolute Gasteiger partial charge is 0.265 e. The van der Waals surface area contributed by atoms with E-state index in [2.05, 4.69) is 15.3 Å². The van der Waals surface area contributed by atoms with Gasteiger partial charge in [-0.05, 0) is 20.8 Å². The first-order chi connectivity index (χ1) is 10.9. The first-order valence-corrected chi connectivity index (χ1v) is 7.84. The predicted molar refractivity (Wildman–Crippen MR) is 85.4 cm³/mol. The highest BCUT2D eigenvalue weighted by Gasteiger charge is 2.28. The molecule has 128 valence electrons. The Labute approximate surface area is 134 Å². The van der Waals surface area contributed by atoms with Gasteiger partial charge in [-0.25, -0.2) is 4.68 Å². The summed E-state index contributed by atoms with van der Waals surface area (Å²) < 4.78 is 6.85. The third kappa shape index (κ3) is 4.77. The van der Waals surface area contributed by atoms with Gasteiger partial charge >= 0.3 is 0 Å². The Kier molecular flexibility index (Phi) is 5.73. The summed E-state index contributed by atoms with van der Waals surface area (Å²) in [5.41, 5.74) is -0.650. The minimum absolute atomic E-state index is 0.0990. The second kappa shape index (κ2) is 7.56. The number of amides is 1. The molecule has 3 atom stereocenters. The van der Waals surface area contributed by atoms with E-state index >= 15 is 0 Å². The molecule has 0 saturated carbocycles. The Morgan fingerprint density at radius 3 is 2.65 bits per heavy atom. The van der Waals surface area contributed by atoms with E-state index in [0.29, 0.717) is 13.1 Å². The zero-order chi connectivity index (χ0) is 17.0. The van der Waals surface area contributed by atoms with Gasteiger partial charge < -0.3 is 10.1 Å². The average molecular weight is 324 g/mol. The zero-order valence-corrected chi connectivity index (χ0v) is 13.7. The Bertz CT molecular complexity index is 643. The zero-order valence-electron chi connectivity index (χ0n) is 13.7. The lowest BCUT2D eigenvalue weighted by atomic mass is 10.1. The summed E-state index contributed by atoms with van der Waals surface area (Å²) in [7, 11) is 0. The molecule has 0 bridgehead atoms. The number of morpholine rings is 1. The molecule has 1 fully saturated rings. The van der Waals surface area contributed by atoms with Crippen LogP contribution >= 0.6 is 0 Å². The Balaban J connectivity index is 1.85. The third-order valence-corrected chi connectivity index (χ3v) is 3.90. The lowest BCUT2D eigenvalue weighted by molar-refractivity contribution is -0.131. The van der Waals surface area contributed by atoms with E-state index in [1.807, 2.05) is 20.8 Å². The van der Waals surface area contributed by atoms with Crippen LogP contribution in [-0.4, -0.2) is 58.5 Å². The molecule has 1 unspecified atom stereocenters. The van der Waals surface area contributed by atoms with Gasteiger partial charge in [0.2, 0.25) is 5.91 Å². The number of nitrogens with zero attached hydrogens (tertiary/aromatic N) is 2. The molecule has 1 aromatic heterocycles. The van der Waals surface area contributed by atoms with E-state index in [9.17, 15) is 14.4 Å². The Morgan fingerprint density at radius 2 is 2.00 bits per heavy atom. The molecule has 2 N–H and O–H groups in total. The quantitative estimate of drug-likeness (QED) is 0.735. The third-order valence-electron chi connectivity index (χ3n) is 3.90. The minimum atomic E-state index is -0.347. The number of aromatic amines is 1. The van der Waals surface area contributed by atoms with Crippen LogP contribution in [0.4, 0.5) is 0 Å². The molecule has 0 radical (unpaired) electrons. The predicted octanol–water partition coefficient (Wildman–Crippen LogP) is -0.849. The van der Waals surface area contributed by atoms with Gasteiger partial charge in [0, 0.05) is 31.8 Å². The molecule has 2 heterocycles. The van der Waals surface area contributed by atoms with E-state index < -0.39 is 0 Å². The fraction of sp³-hybridized carbons (Fsp3) is 0.667. The summed E-state index contributed by atoms with van der Waals surface area (Å²) in [5.74, 6) is -0.0994. The van der Waals surface area contributed by atoms with Gasteiger partial charge in [-0.15, -0.1) is 0 Å². The lowest BCUT2D eigenvalue weighted by Crippen LogP contribution is -2.54. The van der Waals surface area contributed by atoms with E-state index in [4.69, 9.17) is 4.74 Å². The molecule has 1 aromatic rings. The van der Waals surface area contributed by atoms with Crippen LogP contribution in [0.2, 0.25) is 0 Å². The number of rotatable bonds is 5. The summed E-state index contributed by atoms with van der Waals surface area (Å²) in [6, 6.07) is 2.12. The van der Waals surface area contributed by atoms with E-state index in [1.165, 1.54) is 16.8 Å². The molecule has 0 aliphatic carbocycles. The van der Waals surface area contributed by atoms with Crippen molar-refractivity contribution in [2.75, 3.05) is 19.6 Å². The molecule has 1 aliphatic heterocycles. The standard InChI is InChI=1S/C15H24N4O4/c1-10-8-18(9-11(2)23-10)12(3)15(22)16-6-7-19-14(21)5-4-13(20)17-19/h4-5,10-12H,6-9H2,1-3H3,(H,16,22)(H,17,20)/t10-,11+,12?. The number of aromatic nitrogens is 2. The van der Waals surface area contributed by atoms with Gasteiger partial charge in [-0.2, -0.15) is 0 Å². The fourth-order valence-corrected chi connectivity index (χ4v) is 2.77. The number of nitrogens with one attached hydrogen (secondary N) is 2. The van der Waals surface area contributed by atoms with Crippen molar-refractivity contribution in [2.24, 2.45) is 0 Å². The lowest BCUT2D eigenvalue weighted by Gasteiger charge is -2.38. The maximum Gasteiger partial charge on any atom is 0.265 e. The summed E-state index contributed by atoms with van der Waals surface area (Å²) in [6.45, 7) is 7.77. The summed E-state index contributed by atoms with van der Waals surface area (Å²) in [4.78, 5) is 37.1. The van der Waals surface area contributed by atoms with Gasteiger partial charge in [0.15, 0.2) is 0 Å². The van der Waals surface area contributed by atoms with Crippen LogP contribution in [0.1, 0.15) is 20.8 Å². The normalized spacial score (nSPS) is 23.4. The van der Waals surface area contributed by atoms with Crippen molar-refractivity contribution in [1.82, 2.24) is 20.0 Å². The molecule has 1 amide bonds. The van der Waals surface area contributed by atoms with Gasteiger partial charge in [-0.1, -0.05) is 0 Å². The van der Waals surface area contributed by atoms with Crippen molar-refractivity contribution in [3.63, 3.8) is 0 Å². The van der Waals surface area contributed by atoms with Crippen LogP contribution in [0, 0.1) is 0 Å². The first-order valence-electron chi connectivity index (χ1n) is 7.84. The van der Waals surface area contributed by atoms with Crippen molar-refractivity contribution >= 4 is 5.91 Å². The number of hydrogen-bond donors (Lipinski definition) is 2. The molecular formula is C15H24N4O4. The van der Waals surface area contributed by atoms with Crippen LogP contribution in [-0.2, 0) is 16.1 Å². The number of H-pyrrole nitrogens is 1. The first kappa shape index (κ1) is 17.4. The van der Waals surface area contributed by atoms with E-state index in [-0.39, 0.29) is 48.4 Å². The highest BCUT2D eigenvalue weighted by molar-refractivity contribution is 5.81. The molecule has 0 aromatic carbocycles. The molecule has 2 rings (SSSR count). The van der Waals surface area contributed by atoms with Crippen molar-refractivity contribution in [3.8, 4) is 0 Å². The molecule has 1 saturated heterocycles. The molecule has 1 aliphatic rings. The summed E-state index contributed by atoms with van der Waals surface area (Å²) in [5, 5.41) is 5.23. The van der Waals surface area contributed by atoms with Crippen LogP contribution in [0.3, 0.4) is 0 Å². The highest BCUT2D eigenvalue weighted by Crippen LogP contribution is 2.13. The molecule has 8 nitrogen and oxygen atoms in total. The number of ether oxygens (including phenoxy) is 1. The van der Waals surface area contributed by atoms with Crippen molar-refractivity contribution in [2.45, 2.75) is 45.6 Å². The maximum atomic E-state index is 12.2. The number of carbonyl (C=O) groups is 1. The van der Waals surface area contributed by atoms with Crippen LogP contribution in [0.25, 0.3) is 0 Å². The largest absolute Gasteiger partial charge is 0.373 e. The van der Waals surface area contributed by atoms with Gasteiger partial charge in [0.25, 0.3) is 11.1 Å². The molecule has 0 spiro atoms. The average Bonchev–Trinajstić information content (AvgIpc) is 2.48. The van der Waals surface area contributed by atoms with Crippen molar-refractivity contribution < 1.29 is 9.53 Å². The molecule has 8 heteroatoms. The summed E-state index contributed by atoms with van der Waals surface area (Å²) >= 11 is 0. The van der Waals surface area contributed by atoms with Gasteiger partial charge in [0.1, 0.15) is 0 Å². The van der Waals surface area contributed by atoms with Crippen molar-refractivity contribution in [3.05, 3.63) is 32.8 Å². The highest BCUT2D eigenvalue weighted by atomic mass is 16.5. The van der Waals surface area contributed by atoms with Crippen LogP contribution in [0.15, 0.2) is 21.7 Å². The minimum Gasteiger partial charge on any atom is -0.373 e. The fourth-order valence-electron chi connectivity index (χ4n) is 2.77. The second-order valence-corrected chi connectivity index (χ2v) is 5.98. The van der Waals surface area contributed by atoms with E-state index in [1.54, 1.807) is 0 Å². The topological polar surface area (TPSA) is 96.4 Å². The molecular weight excluding hydrogens is 300 g/mol. The van der Waals surface area contributed by atoms with Crippen molar-refractivity contribution in [1.29, 1.82) is 0 Å². The second-order valence-electron chi connectivity index (χ2n) is 5.98. The van der Waals surface area contributed by atoms with Crippen LogP contribution < -0.4 is 16.4 Å². The van der Waals surface area contributed by atoms with E-state index in [0.717, 1.165) is 0 Å². The number of hydrogen-bond acceptors (Lipinski definition) is 5. The Morgan fingerprint density at radius 1 is 1.35 bits per heavy atom. The monoisotopic (exact) mass is 324 g/mol. The van der Waals surface area contributed by atoms with Gasteiger partial charge in [-0.3, -0.25) is 24.4 Å². The number of carbonyl (C=O) groups excluding carboxylic acids is 1. The maximum absolute atomic E-state index is 12.2. The van der Waals surface area contributed by atoms with Crippen LogP contribution in [0.5, 0.6) is 0 Å².